The van der Waals surface area contributed by atoms with Gasteiger partial charge in [0, 0.05) is 26.1 Å². The van der Waals surface area contributed by atoms with Crippen LogP contribution in [0.25, 0.3) is 0 Å². The molecule has 1 heterocycles. The van der Waals surface area contributed by atoms with E-state index in [2.05, 4.69) is 10.9 Å². The molecular formula is C11H23N3O2. The number of hydrazine groups is 1. The summed E-state index contributed by atoms with van der Waals surface area (Å²) in [5.41, 5.74) is 5.88. The number of unbranched alkanes of at least 4 members (excludes halogenated alkanes) is 2. The summed E-state index contributed by atoms with van der Waals surface area (Å²) in [4.78, 5) is 13.4. The number of carbonyl (C=O) groups is 1. The van der Waals surface area contributed by atoms with Crippen molar-refractivity contribution in [1.82, 2.24) is 15.8 Å². The second-order valence-electron chi connectivity index (χ2n) is 4.27. The Bertz CT molecular complexity index is 211. The molecule has 1 aliphatic heterocycles. The summed E-state index contributed by atoms with van der Waals surface area (Å²) in [6.45, 7) is 2.19. The van der Waals surface area contributed by atoms with Crippen molar-refractivity contribution in [3.05, 3.63) is 0 Å². The lowest BCUT2D eigenvalue weighted by molar-refractivity contribution is -0.130. The van der Waals surface area contributed by atoms with Crippen molar-refractivity contribution in [3.8, 4) is 0 Å². The highest BCUT2D eigenvalue weighted by atomic mass is 16.3. The van der Waals surface area contributed by atoms with Crippen molar-refractivity contribution in [3.63, 3.8) is 0 Å². The van der Waals surface area contributed by atoms with Crippen molar-refractivity contribution in [2.45, 2.75) is 38.2 Å². The Labute approximate surface area is 97.2 Å². The zero-order valence-corrected chi connectivity index (χ0v) is 10.0. The number of likely N-dealkylation sites (tertiary alicyclic amines) is 1. The minimum absolute atomic E-state index is 0.193. The first-order valence-electron chi connectivity index (χ1n) is 6.09. The van der Waals surface area contributed by atoms with Crippen LogP contribution in [0.2, 0.25) is 0 Å². The monoisotopic (exact) mass is 229 g/mol. The van der Waals surface area contributed by atoms with Crippen molar-refractivity contribution in [1.29, 1.82) is 0 Å². The summed E-state index contributed by atoms with van der Waals surface area (Å²) in [6.07, 6.45) is 4.14. The van der Waals surface area contributed by atoms with E-state index >= 15 is 0 Å². The van der Waals surface area contributed by atoms with Crippen molar-refractivity contribution < 1.29 is 9.90 Å². The predicted octanol–water partition coefficient (Wildman–Crippen LogP) is -0.136. The molecule has 0 aromatic rings. The van der Waals surface area contributed by atoms with Gasteiger partial charge in [-0.25, -0.2) is 0 Å². The van der Waals surface area contributed by atoms with Gasteiger partial charge in [-0.15, -0.1) is 0 Å². The summed E-state index contributed by atoms with van der Waals surface area (Å²) in [5.74, 6) is 0.193. The Morgan fingerprint density at radius 1 is 1.44 bits per heavy atom. The number of aliphatic hydroxyl groups excluding tert-OH is 1. The molecule has 1 unspecified atom stereocenters. The molecule has 0 saturated carbocycles. The van der Waals surface area contributed by atoms with Gasteiger partial charge in [0.15, 0.2) is 0 Å². The van der Waals surface area contributed by atoms with Crippen LogP contribution in [-0.4, -0.2) is 48.7 Å². The van der Waals surface area contributed by atoms with Gasteiger partial charge in [-0.05, 0) is 26.3 Å². The van der Waals surface area contributed by atoms with Gasteiger partial charge in [0.05, 0.1) is 6.10 Å². The normalized spacial score (nSPS) is 20.4. The number of β-amino-alcohol motifs (C(OH)–C–C–N with tert-alkyl or cyclic N) is 1. The lowest BCUT2D eigenvalue weighted by Gasteiger charge is -2.15. The molecule has 5 heteroatoms. The molecule has 1 fully saturated rings. The number of carbonyl (C=O) groups excluding carboxylic acids is 1. The summed E-state index contributed by atoms with van der Waals surface area (Å²) in [7, 11) is 1.85. The van der Waals surface area contributed by atoms with Crippen molar-refractivity contribution in [2.24, 2.45) is 0 Å². The second-order valence-corrected chi connectivity index (χ2v) is 4.27. The third-order valence-corrected chi connectivity index (χ3v) is 2.89. The van der Waals surface area contributed by atoms with E-state index in [1.165, 1.54) is 0 Å². The van der Waals surface area contributed by atoms with Gasteiger partial charge in [-0.3, -0.25) is 15.6 Å². The van der Waals surface area contributed by atoms with Gasteiger partial charge in [0.25, 0.3) is 0 Å². The molecule has 16 heavy (non-hydrogen) atoms. The molecule has 1 aliphatic rings. The summed E-state index contributed by atoms with van der Waals surface area (Å²) >= 11 is 0. The van der Waals surface area contributed by atoms with Crippen LogP contribution in [0.5, 0.6) is 0 Å². The highest BCUT2D eigenvalue weighted by Crippen LogP contribution is 2.11. The molecule has 1 rings (SSSR count). The zero-order chi connectivity index (χ0) is 11.8. The number of hydrogen-bond donors (Lipinski definition) is 3. The van der Waals surface area contributed by atoms with E-state index in [1.807, 2.05) is 7.05 Å². The Morgan fingerprint density at radius 3 is 2.88 bits per heavy atom. The summed E-state index contributed by atoms with van der Waals surface area (Å²) in [6, 6.07) is 0. The van der Waals surface area contributed by atoms with Crippen LogP contribution in [0.1, 0.15) is 32.1 Å². The first-order valence-corrected chi connectivity index (χ1v) is 6.09. The average molecular weight is 229 g/mol. The first kappa shape index (κ1) is 13.4. The van der Waals surface area contributed by atoms with E-state index in [0.29, 0.717) is 13.0 Å². The van der Waals surface area contributed by atoms with Crippen molar-refractivity contribution >= 4 is 5.91 Å². The molecule has 0 bridgehead atoms. The number of amides is 1. The van der Waals surface area contributed by atoms with Gasteiger partial charge in [0.1, 0.15) is 0 Å². The fraction of sp³-hybridized carbons (Fsp3) is 0.909. The van der Waals surface area contributed by atoms with E-state index in [1.54, 1.807) is 4.90 Å². The Morgan fingerprint density at radius 2 is 2.25 bits per heavy atom. The summed E-state index contributed by atoms with van der Waals surface area (Å²) < 4.78 is 0. The summed E-state index contributed by atoms with van der Waals surface area (Å²) in [5, 5.41) is 9.31. The SMILES string of the molecule is CNNCCCCCC(=O)N1CCC(O)C1. The van der Waals surface area contributed by atoms with Gasteiger partial charge < -0.3 is 10.0 Å². The Hall–Kier alpha value is -0.650. The maximum Gasteiger partial charge on any atom is 0.222 e. The fourth-order valence-electron chi connectivity index (χ4n) is 1.92. The molecule has 3 N–H and O–H groups in total. The maximum absolute atomic E-state index is 11.7. The highest BCUT2D eigenvalue weighted by molar-refractivity contribution is 5.76. The van der Waals surface area contributed by atoms with Gasteiger partial charge >= 0.3 is 0 Å². The molecule has 1 atom stereocenters. The average Bonchev–Trinajstić information content (AvgIpc) is 2.70. The van der Waals surface area contributed by atoms with E-state index in [0.717, 1.165) is 38.8 Å². The second kappa shape index (κ2) is 7.60. The number of nitrogens with zero attached hydrogens (tertiary/aromatic N) is 1. The smallest absolute Gasteiger partial charge is 0.222 e. The van der Waals surface area contributed by atoms with Crippen LogP contribution < -0.4 is 10.9 Å². The number of aliphatic hydroxyl groups is 1. The van der Waals surface area contributed by atoms with E-state index < -0.39 is 0 Å². The first-order chi connectivity index (χ1) is 7.74. The Balaban J connectivity index is 1.98. The molecule has 0 aromatic carbocycles. The van der Waals surface area contributed by atoms with Crippen LogP contribution in [0, 0.1) is 0 Å². The van der Waals surface area contributed by atoms with Gasteiger partial charge in [0.2, 0.25) is 5.91 Å². The van der Waals surface area contributed by atoms with Crippen LogP contribution in [0.4, 0.5) is 0 Å². The lowest BCUT2D eigenvalue weighted by atomic mass is 10.2. The van der Waals surface area contributed by atoms with E-state index in [4.69, 9.17) is 0 Å². The van der Waals surface area contributed by atoms with Crippen LogP contribution >= 0.6 is 0 Å². The van der Waals surface area contributed by atoms with E-state index in [-0.39, 0.29) is 12.0 Å². The molecule has 1 saturated heterocycles. The molecule has 1 amide bonds. The minimum Gasteiger partial charge on any atom is -0.391 e. The van der Waals surface area contributed by atoms with Crippen LogP contribution in [-0.2, 0) is 4.79 Å². The Kier molecular flexibility index (Phi) is 6.37. The van der Waals surface area contributed by atoms with Crippen molar-refractivity contribution in [2.75, 3.05) is 26.7 Å². The topological polar surface area (TPSA) is 64.6 Å². The molecule has 94 valence electrons. The third-order valence-electron chi connectivity index (χ3n) is 2.89. The van der Waals surface area contributed by atoms with Crippen LogP contribution in [0.15, 0.2) is 0 Å². The molecule has 0 aliphatic carbocycles. The lowest BCUT2D eigenvalue weighted by Crippen LogP contribution is -2.29. The third kappa shape index (κ3) is 4.92. The largest absolute Gasteiger partial charge is 0.391 e. The number of nitrogens with one attached hydrogen (secondary N) is 2. The number of hydrogen-bond acceptors (Lipinski definition) is 4. The van der Waals surface area contributed by atoms with Gasteiger partial charge in [-0.1, -0.05) is 6.42 Å². The van der Waals surface area contributed by atoms with E-state index in [9.17, 15) is 9.90 Å². The fourth-order valence-corrected chi connectivity index (χ4v) is 1.92. The maximum atomic E-state index is 11.7. The predicted molar refractivity (Wildman–Crippen MR) is 62.7 cm³/mol. The highest BCUT2D eigenvalue weighted by Gasteiger charge is 2.23. The quantitative estimate of drug-likeness (QED) is 0.420. The minimum atomic E-state index is -0.302. The number of rotatable bonds is 7. The standard InChI is InChI=1S/C11H23N3O2/c1-12-13-7-4-2-3-5-11(16)14-8-6-10(15)9-14/h10,12-13,15H,2-9H2,1H3. The zero-order valence-electron chi connectivity index (χ0n) is 10.0. The van der Waals surface area contributed by atoms with Gasteiger partial charge in [-0.2, -0.15) is 0 Å². The molecule has 5 nitrogen and oxygen atoms in total. The molecule has 0 aromatic heterocycles. The molecular weight excluding hydrogens is 206 g/mol. The molecule has 0 radical (unpaired) electrons. The van der Waals surface area contributed by atoms with Crippen LogP contribution in [0.3, 0.4) is 0 Å². The molecule has 0 spiro atoms.